The Kier molecular flexibility index (Phi) is 3.71. The number of alkyl halides is 2. The average Bonchev–Trinajstić information content (AvgIpc) is 2.16. The van der Waals surface area contributed by atoms with E-state index in [9.17, 15) is 8.78 Å². The van der Waals surface area contributed by atoms with Crippen molar-refractivity contribution in [2.45, 2.75) is 13.0 Å². The van der Waals surface area contributed by atoms with Crippen molar-refractivity contribution in [2.75, 3.05) is 0 Å². The minimum absolute atomic E-state index is 0.0680. The number of aliphatic hydroxyl groups excluding tert-OH is 1. The molecule has 74 valence electrons. The topological polar surface area (TPSA) is 56.9 Å². The summed E-state index contributed by atoms with van der Waals surface area (Å²) in [4.78, 5) is 3.49. The highest BCUT2D eigenvalue weighted by molar-refractivity contribution is 14.1. The molecule has 1 rings (SSSR count). The van der Waals surface area contributed by atoms with Gasteiger partial charge in [0, 0.05) is 15.3 Å². The SMILES string of the molecule is N#Cc1c(I)cnc(C(F)F)c1CO. The molecule has 0 fully saturated rings. The smallest absolute Gasteiger partial charge is 0.280 e. The number of hydrogen-bond acceptors (Lipinski definition) is 3. The van der Waals surface area contributed by atoms with E-state index in [1.54, 1.807) is 6.07 Å². The minimum atomic E-state index is -2.78. The lowest BCUT2D eigenvalue weighted by molar-refractivity contribution is 0.141. The van der Waals surface area contributed by atoms with Gasteiger partial charge in [-0.15, -0.1) is 0 Å². The summed E-state index contributed by atoms with van der Waals surface area (Å²) in [5, 5.41) is 17.6. The molecular formula is C8H5F2IN2O. The molecular weight excluding hydrogens is 305 g/mol. The van der Waals surface area contributed by atoms with Gasteiger partial charge < -0.3 is 5.11 Å². The zero-order valence-corrected chi connectivity index (χ0v) is 8.99. The lowest BCUT2D eigenvalue weighted by Crippen LogP contribution is -2.03. The van der Waals surface area contributed by atoms with Crippen LogP contribution >= 0.6 is 22.6 Å². The molecule has 0 radical (unpaired) electrons. The molecule has 0 aromatic carbocycles. The fraction of sp³-hybridized carbons (Fsp3) is 0.250. The Morgan fingerprint density at radius 2 is 2.29 bits per heavy atom. The van der Waals surface area contributed by atoms with Gasteiger partial charge in [-0.1, -0.05) is 0 Å². The Morgan fingerprint density at radius 1 is 1.64 bits per heavy atom. The predicted molar refractivity (Wildman–Crippen MR) is 52.5 cm³/mol. The highest BCUT2D eigenvalue weighted by Crippen LogP contribution is 2.25. The van der Waals surface area contributed by atoms with Gasteiger partial charge in [0.2, 0.25) is 0 Å². The molecule has 0 unspecified atom stereocenters. The molecule has 0 aliphatic carbocycles. The van der Waals surface area contributed by atoms with Crippen LogP contribution in [0, 0.1) is 14.9 Å². The van der Waals surface area contributed by atoms with E-state index in [-0.39, 0.29) is 11.1 Å². The number of nitrogens with zero attached hydrogens (tertiary/aromatic N) is 2. The fourth-order valence-corrected chi connectivity index (χ4v) is 1.60. The summed E-state index contributed by atoms with van der Waals surface area (Å²) in [7, 11) is 0. The normalized spacial score (nSPS) is 10.3. The lowest BCUT2D eigenvalue weighted by atomic mass is 10.1. The van der Waals surface area contributed by atoms with Crippen molar-refractivity contribution < 1.29 is 13.9 Å². The summed E-state index contributed by atoms with van der Waals surface area (Å²) < 4.78 is 25.2. The Labute approximate surface area is 92.5 Å². The first kappa shape index (κ1) is 11.3. The number of halogens is 3. The summed E-state index contributed by atoms with van der Waals surface area (Å²) >= 11 is 1.81. The molecule has 3 nitrogen and oxygen atoms in total. The highest BCUT2D eigenvalue weighted by atomic mass is 127. The van der Waals surface area contributed by atoms with Gasteiger partial charge in [-0.2, -0.15) is 5.26 Å². The second-order valence-corrected chi connectivity index (χ2v) is 3.58. The van der Waals surface area contributed by atoms with Crippen LogP contribution in [-0.2, 0) is 6.61 Å². The summed E-state index contributed by atoms with van der Waals surface area (Å²) in [6, 6.07) is 1.77. The van der Waals surface area contributed by atoms with Crippen molar-refractivity contribution >= 4 is 22.6 Å². The predicted octanol–water partition coefficient (Wildman–Crippen LogP) is 1.99. The van der Waals surface area contributed by atoms with Crippen molar-refractivity contribution in [3.8, 4) is 6.07 Å². The van der Waals surface area contributed by atoms with Crippen LogP contribution in [-0.4, -0.2) is 10.1 Å². The molecule has 0 saturated heterocycles. The largest absolute Gasteiger partial charge is 0.392 e. The number of hydrogen-bond donors (Lipinski definition) is 1. The molecule has 1 aromatic rings. The van der Waals surface area contributed by atoms with Crippen LogP contribution in [0.5, 0.6) is 0 Å². The number of nitriles is 1. The van der Waals surface area contributed by atoms with Gasteiger partial charge in [-0.25, -0.2) is 8.78 Å². The molecule has 0 amide bonds. The van der Waals surface area contributed by atoms with E-state index in [0.29, 0.717) is 3.57 Å². The van der Waals surface area contributed by atoms with E-state index < -0.39 is 18.7 Å². The average molecular weight is 310 g/mol. The summed E-state index contributed by atoms with van der Waals surface area (Å²) in [5.74, 6) is 0. The molecule has 0 aliphatic heterocycles. The Hall–Kier alpha value is -0.810. The van der Waals surface area contributed by atoms with Crippen LogP contribution in [0.25, 0.3) is 0 Å². The van der Waals surface area contributed by atoms with Crippen LogP contribution in [0.4, 0.5) is 8.78 Å². The molecule has 1 N–H and O–H groups in total. The minimum Gasteiger partial charge on any atom is -0.392 e. The molecule has 1 heterocycles. The van der Waals surface area contributed by atoms with E-state index in [4.69, 9.17) is 10.4 Å². The van der Waals surface area contributed by atoms with Gasteiger partial charge in [0.1, 0.15) is 11.8 Å². The van der Waals surface area contributed by atoms with E-state index in [1.807, 2.05) is 22.6 Å². The number of aromatic nitrogens is 1. The standard InChI is InChI=1S/C8H5F2IN2O/c9-8(10)7-5(3-14)4(1-12)6(11)2-13-7/h2,8,14H,3H2. The third kappa shape index (κ3) is 1.99. The highest BCUT2D eigenvalue weighted by Gasteiger charge is 2.19. The maximum absolute atomic E-state index is 12.4. The van der Waals surface area contributed by atoms with E-state index in [1.165, 1.54) is 6.20 Å². The quantitative estimate of drug-likeness (QED) is 0.850. The van der Waals surface area contributed by atoms with Crippen molar-refractivity contribution in [3.05, 3.63) is 26.6 Å². The van der Waals surface area contributed by atoms with Crippen LogP contribution in [0.15, 0.2) is 6.20 Å². The first-order chi connectivity index (χ1) is 6.61. The van der Waals surface area contributed by atoms with E-state index >= 15 is 0 Å². The summed E-state index contributed by atoms with van der Waals surface area (Å²) in [6.07, 6.45) is -1.58. The second kappa shape index (κ2) is 4.61. The van der Waals surface area contributed by atoms with Crippen molar-refractivity contribution in [3.63, 3.8) is 0 Å². The van der Waals surface area contributed by atoms with E-state index in [0.717, 1.165) is 0 Å². The van der Waals surface area contributed by atoms with Crippen LogP contribution < -0.4 is 0 Å². The molecule has 6 heteroatoms. The second-order valence-electron chi connectivity index (χ2n) is 2.42. The molecule has 0 bridgehead atoms. The Morgan fingerprint density at radius 3 is 2.71 bits per heavy atom. The summed E-state index contributed by atoms with van der Waals surface area (Å²) in [5.41, 5.74) is -0.544. The molecule has 0 saturated carbocycles. The molecule has 0 atom stereocenters. The number of aliphatic hydroxyl groups is 1. The molecule has 1 aromatic heterocycles. The molecule has 0 spiro atoms. The Balaban J connectivity index is 3.42. The number of pyridine rings is 1. The Bertz CT molecular complexity index is 390. The number of rotatable bonds is 2. The van der Waals surface area contributed by atoms with Gasteiger partial charge in [-0.05, 0) is 22.6 Å². The van der Waals surface area contributed by atoms with Gasteiger partial charge in [0.25, 0.3) is 6.43 Å². The maximum Gasteiger partial charge on any atom is 0.280 e. The van der Waals surface area contributed by atoms with Gasteiger partial charge in [-0.3, -0.25) is 4.98 Å². The third-order valence-corrected chi connectivity index (χ3v) is 2.46. The zero-order chi connectivity index (χ0) is 10.7. The zero-order valence-electron chi connectivity index (χ0n) is 6.84. The van der Waals surface area contributed by atoms with Gasteiger partial charge >= 0.3 is 0 Å². The van der Waals surface area contributed by atoms with Gasteiger partial charge in [0.15, 0.2) is 0 Å². The third-order valence-electron chi connectivity index (χ3n) is 1.64. The van der Waals surface area contributed by atoms with Crippen LogP contribution in [0.2, 0.25) is 0 Å². The first-order valence-electron chi connectivity index (χ1n) is 3.58. The molecule has 0 aliphatic rings. The fourth-order valence-electron chi connectivity index (χ4n) is 1.01. The van der Waals surface area contributed by atoms with Crippen LogP contribution in [0.3, 0.4) is 0 Å². The first-order valence-corrected chi connectivity index (χ1v) is 4.66. The summed E-state index contributed by atoms with van der Waals surface area (Å²) in [6.45, 7) is -0.605. The van der Waals surface area contributed by atoms with E-state index in [2.05, 4.69) is 4.98 Å². The molecule has 14 heavy (non-hydrogen) atoms. The lowest BCUT2D eigenvalue weighted by Gasteiger charge is -2.07. The van der Waals surface area contributed by atoms with Gasteiger partial charge in [0.05, 0.1) is 12.2 Å². The van der Waals surface area contributed by atoms with Crippen molar-refractivity contribution in [1.82, 2.24) is 4.98 Å². The monoisotopic (exact) mass is 310 g/mol. The van der Waals surface area contributed by atoms with Crippen molar-refractivity contribution in [2.24, 2.45) is 0 Å². The maximum atomic E-state index is 12.4. The van der Waals surface area contributed by atoms with Crippen LogP contribution in [0.1, 0.15) is 23.2 Å². The van der Waals surface area contributed by atoms with Crippen molar-refractivity contribution in [1.29, 1.82) is 5.26 Å².